The van der Waals surface area contributed by atoms with Crippen LogP contribution in [-0.2, 0) is 83.0 Å². The molecule has 27 nitrogen and oxygen atoms in total. The summed E-state index contributed by atoms with van der Waals surface area (Å²) in [7, 11) is 0. The van der Waals surface area contributed by atoms with Crippen LogP contribution in [0.3, 0.4) is 0 Å². The lowest BCUT2D eigenvalue weighted by Gasteiger charge is -2.36. The van der Waals surface area contributed by atoms with Gasteiger partial charge >= 0.3 is 11.9 Å². The average Bonchev–Trinajstić information content (AvgIpc) is 3.66. The number of hydrogen-bond donors (Lipinski definition) is 9. The molecule has 0 radical (unpaired) electrons. The van der Waals surface area contributed by atoms with E-state index in [-0.39, 0.29) is 121 Å². The molecule has 4 unspecified atom stereocenters. The van der Waals surface area contributed by atoms with Crippen LogP contribution >= 0.6 is 12.0 Å². The van der Waals surface area contributed by atoms with Crippen molar-refractivity contribution in [2.45, 2.75) is 69.9 Å². The number of anilines is 1. The Morgan fingerprint density at radius 2 is 1.44 bits per heavy atom. The lowest BCUT2D eigenvalue weighted by molar-refractivity contribution is -0.229. The zero-order chi connectivity index (χ0) is 51.8. The van der Waals surface area contributed by atoms with Crippen molar-refractivity contribution in [3.05, 3.63) is 35.9 Å². The molecule has 2 aliphatic rings. The van der Waals surface area contributed by atoms with Crippen molar-refractivity contribution < 1.29 is 101 Å². The van der Waals surface area contributed by atoms with Crippen molar-refractivity contribution in [3.8, 4) is 5.75 Å². The number of imide groups is 1. The van der Waals surface area contributed by atoms with Crippen LogP contribution in [0.25, 0.3) is 0 Å². The highest BCUT2D eigenvalue weighted by atomic mass is 32.2. The van der Waals surface area contributed by atoms with Gasteiger partial charge in [0.1, 0.15) is 37.2 Å². The molecule has 0 saturated carbocycles. The van der Waals surface area contributed by atoms with E-state index in [0.717, 1.165) is 17.1 Å². The number of aliphatic hydroxyl groups excluding tert-OH is 3. The minimum absolute atomic E-state index is 0.00286. The number of nitrogens with zero attached hydrogens (tertiary/aromatic N) is 1. The fraction of sp³-hybridized carbons (Fsp3) is 0.628. The molecule has 0 aromatic heterocycles. The third-order valence-corrected chi connectivity index (χ3v) is 10.1. The van der Waals surface area contributed by atoms with E-state index in [1.165, 1.54) is 19.1 Å². The predicted molar refractivity (Wildman–Crippen MR) is 244 cm³/mol. The van der Waals surface area contributed by atoms with Crippen LogP contribution < -0.4 is 31.5 Å². The molecule has 0 bridgehead atoms. The number of esters is 1. The molecule has 71 heavy (non-hydrogen) atoms. The fourth-order valence-corrected chi connectivity index (χ4v) is 6.41. The summed E-state index contributed by atoms with van der Waals surface area (Å²) in [6.45, 7) is 2.11. The van der Waals surface area contributed by atoms with E-state index < -0.39 is 85.3 Å². The van der Waals surface area contributed by atoms with Crippen LogP contribution in [0.15, 0.2) is 30.4 Å². The van der Waals surface area contributed by atoms with Gasteiger partial charge in [0.2, 0.25) is 29.9 Å². The minimum atomic E-state index is -1.32. The summed E-state index contributed by atoms with van der Waals surface area (Å²) >= 11 is 0.323. The van der Waals surface area contributed by atoms with E-state index in [4.69, 9.17) is 42.7 Å². The number of nitrogens with one attached hydrogen (secondary N) is 5. The highest BCUT2D eigenvalue weighted by molar-refractivity contribution is 7.93. The van der Waals surface area contributed by atoms with E-state index in [2.05, 4.69) is 26.7 Å². The van der Waals surface area contributed by atoms with Crippen LogP contribution in [0, 0.1) is 0 Å². The first-order chi connectivity index (χ1) is 34.2. The van der Waals surface area contributed by atoms with Gasteiger partial charge in [0.15, 0.2) is 0 Å². The Hall–Kier alpha value is -5.37. The molecule has 2 heterocycles. The molecule has 28 heteroatoms. The number of carbonyl (C=O) groups excluding carboxylic acids is 8. The molecule has 0 aliphatic carbocycles. The summed E-state index contributed by atoms with van der Waals surface area (Å²) in [6.07, 6.45) is -2.84. The summed E-state index contributed by atoms with van der Waals surface area (Å²) in [4.78, 5) is 102. The summed E-state index contributed by atoms with van der Waals surface area (Å²) < 4.78 is 52.5. The molecule has 5 atom stereocenters. The van der Waals surface area contributed by atoms with E-state index in [0.29, 0.717) is 37.4 Å². The predicted octanol–water partition coefficient (Wildman–Crippen LogP) is -2.95. The lowest BCUT2D eigenvalue weighted by Crippen LogP contribution is -2.51. The SMILES string of the molecule is CC(=O)OCc1ccc(OC2CC(O)C(O)C(CO)O2)c(NC(=O)CCNC(=O)COCCNOC(=O)[C@@H](CSO)NC(=O)CCOCCOCCOCCOCCNC(=O)CCN2C(=O)C=CC2=O)c1. The van der Waals surface area contributed by atoms with Crippen molar-refractivity contribution >= 4 is 65.1 Å². The zero-order valence-corrected chi connectivity index (χ0v) is 40.0. The molecule has 3 rings (SSSR count). The standard InChI is InChI=1S/C43H64N6O21S/c1-28(51)67-25-29-2-3-33(68-41-23-32(52)42(59)34(24-50)69-41)30(22-29)47-36(54)6-9-44-38(56)26-66-15-11-46-70-43(60)31(27-71-61)48-37(55)8-13-62-16-18-64-20-21-65-19-17-63-14-10-45-35(53)7-12-49-39(57)4-5-40(49)58/h2-5,22,31-32,34,41-42,46,50,52,59,61H,6-21,23-27H2,1H3,(H,44,56)(H,45,53)(H,47,54)(H,48,55)/t31-,32?,34?,41?,42?/m1/s1. The Bertz CT molecular complexity index is 1880. The van der Waals surface area contributed by atoms with Crippen LogP contribution in [0.2, 0.25) is 0 Å². The molecular formula is C43H64N6O21S. The van der Waals surface area contributed by atoms with Crippen molar-refractivity contribution in [1.82, 2.24) is 26.3 Å². The van der Waals surface area contributed by atoms with Gasteiger partial charge in [-0.1, -0.05) is 6.07 Å². The largest absolute Gasteiger partial charge is 0.463 e. The van der Waals surface area contributed by atoms with Gasteiger partial charge in [0.05, 0.1) is 90.2 Å². The van der Waals surface area contributed by atoms with Crippen molar-refractivity contribution in [2.75, 3.05) is 110 Å². The molecule has 1 aromatic carbocycles. The second-order valence-electron chi connectivity index (χ2n) is 15.2. The molecule has 398 valence electrons. The minimum Gasteiger partial charge on any atom is -0.463 e. The maximum absolute atomic E-state index is 12.8. The maximum Gasteiger partial charge on any atom is 0.348 e. The molecule has 6 amide bonds. The third-order valence-electron chi connectivity index (χ3n) is 9.64. The Labute approximate surface area is 413 Å². The fourth-order valence-electron chi connectivity index (χ4n) is 6.04. The number of carbonyl (C=O) groups is 8. The summed E-state index contributed by atoms with van der Waals surface area (Å²) in [5, 5.41) is 40.0. The van der Waals surface area contributed by atoms with Gasteiger partial charge in [-0.3, -0.25) is 38.5 Å². The molecule has 1 fully saturated rings. The van der Waals surface area contributed by atoms with Crippen LogP contribution in [0.1, 0.15) is 38.2 Å². The Kier molecular flexibility index (Phi) is 29.4. The van der Waals surface area contributed by atoms with E-state index >= 15 is 0 Å². The highest BCUT2D eigenvalue weighted by Crippen LogP contribution is 2.31. The number of aliphatic hydroxyl groups is 3. The Morgan fingerprint density at radius 3 is 2.10 bits per heavy atom. The van der Waals surface area contributed by atoms with Crippen molar-refractivity contribution in [1.29, 1.82) is 0 Å². The van der Waals surface area contributed by atoms with Crippen molar-refractivity contribution in [2.24, 2.45) is 0 Å². The number of amides is 6. The molecule has 2 aliphatic heterocycles. The van der Waals surface area contributed by atoms with E-state index in [1.54, 1.807) is 6.07 Å². The topological polar surface area (TPSA) is 364 Å². The number of hydroxylamine groups is 1. The summed E-state index contributed by atoms with van der Waals surface area (Å²) in [6, 6.07) is 3.36. The monoisotopic (exact) mass is 1030 g/mol. The van der Waals surface area contributed by atoms with Gasteiger partial charge in [0, 0.05) is 64.4 Å². The number of benzene rings is 1. The third kappa shape index (κ3) is 25.0. The van der Waals surface area contributed by atoms with E-state index in [1.807, 2.05) is 0 Å². The molecule has 0 spiro atoms. The zero-order valence-electron chi connectivity index (χ0n) is 39.2. The van der Waals surface area contributed by atoms with Gasteiger partial charge in [0.25, 0.3) is 11.8 Å². The Balaban J connectivity index is 1.18. The Morgan fingerprint density at radius 1 is 0.789 bits per heavy atom. The molecule has 1 aromatic rings. The van der Waals surface area contributed by atoms with Gasteiger partial charge < -0.3 is 83.9 Å². The van der Waals surface area contributed by atoms with Crippen molar-refractivity contribution in [3.63, 3.8) is 0 Å². The summed E-state index contributed by atoms with van der Waals surface area (Å²) in [5.74, 6) is -4.30. The smallest absolute Gasteiger partial charge is 0.348 e. The first-order valence-corrected chi connectivity index (χ1v) is 23.4. The van der Waals surface area contributed by atoms with Crippen LogP contribution in [-0.4, -0.2) is 207 Å². The summed E-state index contributed by atoms with van der Waals surface area (Å²) in [5.41, 5.74) is 3.03. The lowest BCUT2D eigenvalue weighted by atomic mass is 10.0. The van der Waals surface area contributed by atoms with E-state index in [9.17, 15) is 58.2 Å². The molecule has 1 saturated heterocycles. The van der Waals surface area contributed by atoms with Crippen LogP contribution in [0.4, 0.5) is 5.69 Å². The van der Waals surface area contributed by atoms with Gasteiger partial charge in [-0.2, -0.15) is 5.48 Å². The molecule has 9 N–H and O–H groups in total. The average molecular weight is 1030 g/mol. The van der Waals surface area contributed by atoms with Gasteiger partial charge in [-0.05, 0) is 29.7 Å². The second kappa shape index (κ2) is 34.9. The second-order valence-corrected chi connectivity index (χ2v) is 15.8. The number of ether oxygens (including phenoxy) is 8. The van der Waals surface area contributed by atoms with Gasteiger partial charge in [-0.15, -0.1) is 0 Å². The molecular weight excluding hydrogens is 969 g/mol. The quantitative estimate of drug-likeness (QED) is 0.0106. The van der Waals surface area contributed by atoms with Crippen LogP contribution in [0.5, 0.6) is 5.75 Å². The first kappa shape index (κ1) is 59.9. The van der Waals surface area contributed by atoms with Gasteiger partial charge in [-0.25, -0.2) is 4.79 Å². The maximum atomic E-state index is 12.8. The highest BCUT2D eigenvalue weighted by Gasteiger charge is 2.38. The normalized spacial score (nSPS) is 17.9. The first-order valence-electron chi connectivity index (χ1n) is 22.5. The number of hydrogen-bond acceptors (Lipinski definition) is 23. The number of rotatable bonds is 37.